The predicted molar refractivity (Wildman–Crippen MR) is 221 cm³/mol. The molecule has 0 aliphatic carbocycles. The Morgan fingerprint density at radius 3 is 1.02 bits per heavy atom. The molecule has 0 heterocycles. The topological polar surface area (TPSA) is 3.24 Å². The van der Waals surface area contributed by atoms with Gasteiger partial charge in [0, 0.05) is 21.2 Å². The van der Waals surface area contributed by atoms with E-state index in [1.165, 1.54) is 94.7 Å². The van der Waals surface area contributed by atoms with Crippen molar-refractivity contribution in [1.29, 1.82) is 0 Å². The number of rotatable bonds is 17. The van der Waals surface area contributed by atoms with Crippen LogP contribution in [0.2, 0.25) is 18.1 Å². The zero-order valence-electron chi connectivity index (χ0n) is 29.9. The lowest BCUT2D eigenvalue weighted by Gasteiger charge is -2.43. The minimum Gasteiger partial charge on any atom is -0.312 e. The SMILES string of the molecule is CCCC[Si](CCCC)(CCCC)c1cc(C)c(N(P(c2ccccc2)c2ccccc2)P(c2ccccc2)c2ccccc2)c(C)c1. The van der Waals surface area contributed by atoms with Gasteiger partial charge in [0.1, 0.15) is 0 Å². The molecule has 5 rings (SSSR count). The van der Waals surface area contributed by atoms with Gasteiger partial charge in [-0.05, 0) is 25.0 Å². The molecule has 0 aliphatic heterocycles. The third-order valence-electron chi connectivity index (χ3n) is 9.71. The fourth-order valence-electron chi connectivity index (χ4n) is 7.23. The lowest BCUT2D eigenvalue weighted by molar-refractivity contribution is 0.800. The van der Waals surface area contributed by atoms with Gasteiger partial charge in [-0.25, -0.2) is 0 Å². The number of unbranched alkanes of at least 4 members (excludes halogenated alkanes) is 3. The van der Waals surface area contributed by atoms with Crippen molar-refractivity contribution in [2.45, 2.75) is 91.3 Å². The number of benzene rings is 5. The fourth-order valence-corrected chi connectivity index (χ4v) is 19.3. The average molecular weight is 688 g/mol. The monoisotopic (exact) mass is 687 g/mol. The molecule has 1 nitrogen and oxygen atoms in total. The van der Waals surface area contributed by atoms with E-state index in [-0.39, 0.29) is 0 Å². The molecule has 5 aromatic rings. The Bertz CT molecular complexity index is 1450. The Morgan fingerprint density at radius 1 is 0.458 bits per heavy atom. The highest BCUT2D eigenvalue weighted by atomic mass is 31.2. The third-order valence-corrected chi connectivity index (χ3v) is 20.5. The molecule has 0 amide bonds. The maximum absolute atomic E-state index is 2.89. The Kier molecular flexibility index (Phi) is 13.7. The summed E-state index contributed by atoms with van der Waals surface area (Å²) in [6.07, 6.45) is 7.92. The first-order valence-electron chi connectivity index (χ1n) is 18.2. The lowest BCUT2D eigenvalue weighted by atomic mass is 10.1. The summed E-state index contributed by atoms with van der Waals surface area (Å²) in [5.74, 6) is 0. The van der Waals surface area contributed by atoms with E-state index in [2.05, 4.69) is 173 Å². The van der Waals surface area contributed by atoms with Crippen LogP contribution in [0.3, 0.4) is 0 Å². The average Bonchev–Trinajstić information content (AvgIpc) is 3.13. The largest absolute Gasteiger partial charge is 0.312 e. The summed E-state index contributed by atoms with van der Waals surface area (Å²) in [6.45, 7) is 12.0. The van der Waals surface area contributed by atoms with Crippen LogP contribution in [0.25, 0.3) is 0 Å². The van der Waals surface area contributed by atoms with E-state index in [0.717, 1.165) is 0 Å². The van der Waals surface area contributed by atoms with Gasteiger partial charge in [-0.3, -0.25) is 0 Å². The van der Waals surface area contributed by atoms with Crippen molar-refractivity contribution in [3.05, 3.63) is 145 Å². The second-order valence-electron chi connectivity index (χ2n) is 13.3. The summed E-state index contributed by atoms with van der Waals surface area (Å²) in [6, 6.07) is 54.8. The maximum atomic E-state index is 2.89. The Balaban J connectivity index is 1.80. The number of hydrogen-bond acceptors (Lipinski definition) is 1. The molecule has 0 spiro atoms. The molecule has 0 saturated carbocycles. The van der Waals surface area contributed by atoms with Crippen LogP contribution in [0.4, 0.5) is 5.69 Å². The first-order valence-corrected chi connectivity index (χ1v) is 23.5. The van der Waals surface area contributed by atoms with Crippen molar-refractivity contribution < 1.29 is 0 Å². The molecule has 0 unspecified atom stereocenters. The molecule has 0 saturated heterocycles. The van der Waals surface area contributed by atoms with Gasteiger partial charge in [0.15, 0.2) is 0 Å². The van der Waals surface area contributed by atoms with Crippen molar-refractivity contribution in [3.8, 4) is 0 Å². The van der Waals surface area contributed by atoms with E-state index in [9.17, 15) is 0 Å². The second kappa shape index (κ2) is 18.1. The molecule has 0 N–H and O–H groups in total. The molecular formula is C44H55NP2Si. The molecule has 5 aromatic carbocycles. The summed E-state index contributed by atoms with van der Waals surface area (Å²) in [5.41, 5.74) is 4.29. The quantitative estimate of drug-likeness (QED) is 0.0695. The maximum Gasteiger partial charge on any atom is 0.0867 e. The standard InChI is InChI=1S/C44H55NP2Si/c1-6-9-32-48(33-10-7-2,34-11-8-3)43-35-37(4)44(38(5)36-43)45(46(39-24-16-12-17-25-39)40-26-18-13-19-27-40)47(41-28-20-14-21-29-41)42-30-22-15-23-31-42/h12-31,35-36H,6-11,32-34H2,1-5H3. The number of anilines is 1. The molecule has 48 heavy (non-hydrogen) atoms. The zero-order chi connectivity index (χ0) is 33.8. The van der Waals surface area contributed by atoms with E-state index in [0.29, 0.717) is 0 Å². The van der Waals surface area contributed by atoms with E-state index >= 15 is 0 Å². The highest BCUT2D eigenvalue weighted by molar-refractivity contribution is 7.90. The Morgan fingerprint density at radius 2 is 0.750 bits per heavy atom. The Labute approximate surface area is 295 Å². The smallest absolute Gasteiger partial charge is 0.0867 e. The van der Waals surface area contributed by atoms with Gasteiger partial charge in [-0.15, -0.1) is 0 Å². The van der Waals surface area contributed by atoms with E-state index in [1.807, 2.05) is 0 Å². The van der Waals surface area contributed by atoms with Crippen LogP contribution in [0.15, 0.2) is 133 Å². The molecule has 0 aliphatic rings. The third kappa shape index (κ3) is 8.57. The summed E-state index contributed by atoms with van der Waals surface area (Å²) in [5, 5.41) is 7.26. The van der Waals surface area contributed by atoms with Gasteiger partial charge in [-0.1, -0.05) is 216 Å². The van der Waals surface area contributed by atoms with Crippen molar-refractivity contribution >= 4 is 56.3 Å². The van der Waals surface area contributed by atoms with Crippen molar-refractivity contribution in [2.24, 2.45) is 0 Å². The lowest BCUT2D eigenvalue weighted by Crippen LogP contribution is -2.48. The summed E-state index contributed by atoms with van der Waals surface area (Å²) >= 11 is 0. The number of aryl methyl sites for hydroxylation is 2. The van der Waals surface area contributed by atoms with Gasteiger partial charge < -0.3 is 4.44 Å². The van der Waals surface area contributed by atoms with E-state index in [4.69, 9.17) is 0 Å². The molecule has 250 valence electrons. The van der Waals surface area contributed by atoms with Crippen LogP contribution in [-0.2, 0) is 0 Å². The van der Waals surface area contributed by atoms with Crippen molar-refractivity contribution in [1.82, 2.24) is 0 Å². The van der Waals surface area contributed by atoms with Crippen LogP contribution >= 0.6 is 16.1 Å². The van der Waals surface area contributed by atoms with Gasteiger partial charge in [0.25, 0.3) is 0 Å². The molecule has 0 bridgehead atoms. The summed E-state index contributed by atoms with van der Waals surface area (Å²) < 4.78 is 2.89. The van der Waals surface area contributed by atoms with Gasteiger partial charge in [-0.2, -0.15) is 0 Å². The van der Waals surface area contributed by atoms with Crippen LogP contribution in [0.5, 0.6) is 0 Å². The minimum atomic E-state index is -1.67. The van der Waals surface area contributed by atoms with Crippen LogP contribution in [0, 0.1) is 13.8 Å². The predicted octanol–water partition coefficient (Wildman–Crippen LogP) is 11.3. The van der Waals surface area contributed by atoms with Crippen LogP contribution < -0.4 is 30.8 Å². The fraction of sp³-hybridized carbons (Fsp3) is 0.318. The zero-order valence-corrected chi connectivity index (χ0v) is 32.7. The summed E-state index contributed by atoms with van der Waals surface area (Å²) in [4.78, 5) is 0. The number of hydrogen-bond donors (Lipinski definition) is 0. The normalized spacial score (nSPS) is 11.7. The number of nitrogens with zero attached hydrogens (tertiary/aromatic N) is 1. The van der Waals surface area contributed by atoms with Crippen LogP contribution in [0.1, 0.15) is 70.4 Å². The first-order chi connectivity index (χ1) is 23.5. The van der Waals surface area contributed by atoms with Gasteiger partial charge in [0.05, 0.1) is 29.9 Å². The minimum absolute atomic E-state index is 0.902. The molecular weight excluding hydrogens is 633 g/mol. The first kappa shape index (κ1) is 36.3. The van der Waals surface area contributed by atoms with Crippen molar-refractivity contribution in [3.63, 3.8) is 0 Å². The molecule has 0 fully saturated rings. The van der Waals surface area contributed by atoms with Crippen molar-refractivity contribution in [2.75, 3.05) is 4.44 Å². The van der Waals surface area contributed by atoms with Crippen LogP contribution in [-0.4, -0.2) is 8.07 Å². The highest BCUT2D eigenvalue weighted by Crippen LogP contribution is 2.58. The molecule has 0 radical (unpaired) electrons. The van der Waals surface area contributed by atoms with Gasteiger partial charge in [0.2, 0.25) is 0 Å². The van der Waals surface area contributed by atoms with Gasteiger partial charge >= 0.3 is 0 Å². The molecule has 0 aromatic heterocycles. The van der Waals surface area contributed by atoms with E-state index in [1.54, 1.807) is 5.19 Å². The summed E-state index contributed by atoms with van der Waals surface area (Å²) in [7, 11) is -3.48. The van der Waals surface area contributed by atoms with E-state index < -0.39 is 24.2 Å². The molecule has 4 heteroatoms. The highest BCUT2D eigenvalue weighted by Gasteiger charge is 2.37. The molecule has 0 atom stereocenters. The second-order valence-corrected chi connectivity index (χ2v) is 22.4. The Hall–Kier alpha value is -3.02.